The van der Waals surface area contributed by atoms with E-state index in [0.29, 0.717) is 34.8 Å². The summed E-state index contributed by atoms with van der Waals surface area (Å²) in [6.45, 7) is 6.48. The molecule has 1 atom stereocenters. The van der Waals surface area contributed by atoms with Gasteiger partial charge in [-0.05, 0) is 24.6 Å². The Balaban J connectivity index is 1.43. The lowest BCUT2D eigenvalue weighted by atomic mass is 10.1. The summed E-state index contributed by atoms with van der Waals surface area (Å²) in [4.78, 5) is 21.3. The fraction of sp³-hybridized carbons (Fsp3) is 0.167. The van der Waals surface area contributed by atoms with E-state index in [4.69, 9.17) is 9.40 Å². The van der Waals surface area contributed by atoms with Crippen molar-refractivity contribution in [3.63, 3.8) is 0 Å². The van der Waals surface area contributed by atoms with Crippen molar-refractivity contribution >= 4 is 33.3 Å². The topological polar surface area (TPSA) is 89.6 Å². The van der Waals surface area contributed by atoms with Crippen LogP contribution < -0.4 is 5.56 Å². The number of hydrogen-bond donors (Lipinski definition) is 1. The van der Waals surface area contributed by atoms with Gasteiger partial charge >= 0.3 is 0 Å². The van der Waals surface area contributed by atoms with Crippen molar-refractivity contribution in [1.82, 2.24) is 24.7 Å². The molecule has 4 heterocycles. The average molecular weight is 476 g/mol. The molecule has 166 valence electrons. The predicted octanol–water partition coefficient (Wildman–Crippen LogP) is 5.47. The van der Waals surface area contributed by atoms with Crippen LogP contribution >= 0.6 is 23.1 Å². The summed E-state index contributed by atoms with van der Waals surface area (Å²) < 4.78 is 7.53. The van der Waals surface area contributed by atoms with E-state index in [1.54, 1.807) is 12.3 Å². The minimum Gasteiger partial charge on any atom is -0.464 e. The molecule has 0 amide bonds. The Morgan fingerprint density at radius 1 is 1.24 bits per heavy atom. The van der Waals surface area contributed by atoms with E-state index in [1.807, 2.05) is 42.6 Å². The van der Waals surface area contributed by atoms with Gasteiger partial charge < -0.3 is 14.0 Å². The fourth-order valence-electron chi connectivity index (χ4n) is 3.61. The molecule has 7 nitrogen and oxygen atoms in total. The lowest BCUT2D eigenvalue weighted by molar-refractivity contribution is 0.583. The molecule has 0 radical (unpaired) electrons. The standard InChI is InChI=1S/C24H21N5O2S2/c1-3-11-29-19(13-16-8-5-4-6-9-16)27-28-24(29)33-15(2)21-25-22(30)20-17(14-32-23(20)26-21)18-10-7-12-31-18/h3-10,12,14-15H,1,11,13H2,2H3,(H,25,26,30). The van der Waals surface area contributed by atoms with Gasteiger partial charge in [0, 0.05) is 23.9 Å². The van der Waals surface area contributed by atoms with Crippen molar-refractivity contribution in [1.29, 1.82) is 0 Å². The molecule has 0 saturated carbocycles. The molecule has 0 spiro atoms. The van der Waals surface area contributed by atoms with Crippen LogP contribution in [0.2, 0.25) is 0 Å². The second-order valence-electron chi connectivity index (χ2n) is 7.48. The summed E-state index contributed by atoms with van der Waals surface area (Å²) in [6, 6.07) is 13.8. The summed E-state index contributed by atoms with van der Waals surface area (Å²) in [5.74, 6) is 2.13. The molecule has 1 N–H and O–H groups in total. The molecule has 0 saturated heterocycles. The highest BCUT2D eigenvalue weighted by molar-refractivity contribution is 7.99. The SMILES string of the molecule is C=CCn1c(Cc2ccccc2)nnc1SC(C)c1nc2scc(-c3ccco3)c2c(=O)[nH]1. The number of furan rings is 1. The van der Waals surface area contributed by atoms with E-state index < -0.39 is 0 Å². The number of nitrogens with one attached hydrogen (secondary N) is 1. The highest BCUT2D eigenvalue weighted by Gasteiger charge is 2.20. The van der Waals surface area contributed by atoms with Gasteiger partial charge in [0.05, 0.1) is 16.9 Å². The van der Waals surface area contributed by atoms with E-state index in [9.17, 15) is 4.79 Å². The van der Waals surface area contributed by atoms with Gasteiger partial charge in [0.25, 0.3) is 5.56 Å². The van der Waals surface area contributed by atoms with Crippen LogP contribution in [-0.2, 0) is 13.0 Å². The molecular formula is C24H21N5O2S2. The van der Waals surface area contributed by atoms with Crippen molar-refractivity contribution in [3.05, 3.63) is 94.3 Å². The Morgan fingerprint density at radius 2 is 2.09 bits per heavy atom. The van der Waals surface area contributed by atoms with Crippen molar-refractivity contribution in [3.8, 4) is 11.3 Å². The van der Waals surface area contributed by atoms with Gasteiger partial charge in [-0.25, -0.2) is 4.98 Å². The third-order valence-electron chi connectivity index (χ3n) is 5.23. The first-order chi connectivity index (χ1) is 16.1. The number of nitrogens with zero attached hydrogens (tertiary/aromatic N) is 4. The van der Waals surface area contributed by atoms with Gasteiger partial charge in [0.15, 0.2) is 5.16 Å². The Kier molecular flexibility index (Phi) is 5.97. The normalized spacial score (nSPS) is 12.3. The number of thioether (sulfide) groups is 1. The van der Waals surface area contributed by atoms with Gasteiger partial charge in [-0.2, -0.15) is 0 Å². The molecule has 1 aromatic carbocycles. The molecule has 5 rings (SSSR count). The Hall–Kier alpha value is -3.43. The monoisotopic (exact) mass is 475 g/mol. The number of aromatic nitrogens is 5. The molecule has 1 unspecified atom stereocenters. The minimum atomic E-state index is -0.174. The zero-order valence-electron chi connectivity index (χ0n) is 17.9. The number of thiophene rings is 1. The largest absolute Gasteiger partial charge is 0.464 e. The lowest BCUT2D eigenvalue weighted by Gasteiger charge is -2.12. The molecule has 9 heteroatoms. The lowest BCUT2D eigenvalue weighted by Crippen LogP contribution is -2.13. The summed E-state index contributed by atoms with van der Waals surface area (Å²) in [7, 11) is 0. The number of aromatic amines is 1. The van der Waals surface area contributed by atoms with Gasteiger partial charge in [0.2, 0.25) is 0 Å². The van der Waals surface area contributed by atoms with Crippen LogP contribution in [0.3, 0.4) is 0 Å². The zero-order chi connectivity index (χ0) is 22.8. The Bertz CT molecular complexity index is 1450. The van der Waals surface area contributed by atoms with Crippen LogP contribution in [0.4, 0.5) is 0 Å². The first kappa shape index (κ1) is 21.4. The minimum absolute atomic E-state index is 0.131. The second kappa shape index (κ2) is 9.21. The highest BCUT2D eigenvalue weighted by atomic mass is 32.2. The van der Waals surface area contributed by atoms with Crippen molar-refractivity contribution in [2.45, 2.75) is 30.3 Å². The van der Waals surface area contributed by atoms with Crippen molar-refractivity contribution in [2.75, 3.05) is 0 Å². The van der Waals surface area contributed by atoms with Crippen LogP contribution in [0, 0.1) is 0 Å². The van der Waals surface area contributed by atoms with Gasteiger partial charge in [0.1, 0.15) is 22.2 Å². The maximum atomic E-state index is 12.9. The number of H-pyrrole nitrogens is 1. The highest BCUT2D eigenvalue weighted by Crippen LogP contribution is 2.35. The number of benzene rings is 1. The van der Waals surface area contributed by atoms with E-state index in [1.165, 1.54) is 28.7 Å². The molecule has 0 bridgehead atoms. The van der Waals surface area contributed by atoms with E-state index in [-0.39, 0.29) is 10.8 Å². The van der Waals surface area contributed by atoms with Gasteiger partial charge in [-0.3, -0.25) is 4.79 Å². The van der Waals surface area contributed by atoms with Crippen LogP contribution in [-0.4, -0.2) is 24.7 Å². The van der Waals surface area contributed by atoms with E-state index >= 15 is 0 Å². The van der Waals surface area contributed by atoms with Crippen molar-refractivity contribution in [2.24, 2.45) is 0 Å². The quantitative estimate of drug-likeness (QED) is 0.237. The number of rotatable bonds is 8. The number of hydrogen-bond acceptors (Lipinski definition) is 7. The van der Waals surface area contributed by atoms with Crippen molar-refractivity contribution < 1.29 is 4.42 Å². The molecule has 4 aromatic heterocycles. The van der Waals surface area contributed by atoms with Crippen LogP contribution in [0.1, 0.15) is 29.4 Å². The first-order valence-corrected chi connectivity index (χ1v) is 12.2. The molecule has 0 aliphatic rings. The predicted molar refractivity (Wildman–Crippen MR) is 132 cm³/mol. The molecule has 0 fully saturated rings. The molecule has 33 heavy (non-hydrogen) atoms. The smallest absolute Gasteiger partial charge is 0.260 e. The van der Waals surface area contributed by atoms with Crippen LogP contribution in [0.15, 0.2) is 81.1 Å². The number of allylic oxidation sites excluding steroid dienone is 1. The third kappa shape index (κ3) is 4.29. The zero-order valence-corrected chi connectivity index (χ0v) is 19.5. The summed E-state index contributed by atoms with van der Waals surface area (Å²) in [6.07, 6.45) is 4.11. The first-order valence-electron chi connectivity index (χ1n) is 10.4. The van der Waals surface area contributed by atoms with Gasteiger partial charge in [-0.15, -0.1) is 28.1 Å². The second-order valence-corrected chi connectivity index (χ2v) is 9.64. The molecular weight excluding hydrogens is 454 g/mol. The molecule has 0 aliphatic carbocycles. The number of fused-ring (bicyclic) bond motifs is 1. The maximum absolute atomic E-state index is 12.9. The maximum Gasteiger partial charge on any atom is 0.260 e. The Labute approximate surface area is 198 Å². The summed E-state index contributed by atoms with van der Waals surface area (Å²) in [5, 5.41) is 11.9. The van der Waals surface area contributed by atoms with E-state index in [2.05, 4.69) is 38.5 Å². The summed E-state index contributed by atoms with van der Waals surface area (Å²) >= 11 is 2.95. The average Bonchev–Trinajstić information content (AvgIpc) is 3.56. The summed E-state index contributed by atoms with van der Waals surface area (Å²) in [5.41, 5.74) is 1.76. The fourth-order valence-corrected chi connectivity index (χ4v) is 5.48. The van der Waals surface area contributed by atoms with Gasteiger partial charge in [-0.1, -0.05) is 48.2 Å². The molecule has 5 aromatic rings. The third-order valence-corrected chi connectivity index (χ3v) is 7.19. The van der Waals surface area contributed by atoms with E-state index in [0.717, 1.165) is 16.5 Å². The Morgan fingerprint density at radius 3 is 2.85 bits per heavy atom. The van der Waals surface area contributed by atoms with Crippen LogP contribution in [0.5, 0.6) is 0 Å². The molecule has 0 aliphatic heterocycles. The van der Waals surface area contributed by atoms with Crippen LogP contribution in [0.25, 0.3) is 21.5 Å².